The van der Waals surface area contributed by atoms with E-state index in [0.717, 1.165) is 19.3 Å². The molecule has 1 aliphatic carbocycles. The number of carbonyl (C=O) groups is 2. The number of hydrogen-bond acceptors (Lipinski definition) is 4. The summed E-state index contributed by atoms with van der Waals surface area (Å²) in [6.07, 6.45) is 4.26. The van der Waals surface area contributed by atoms with Crippen LogP contribution in [0.15, 0.2) is 18.3 Å². The summed E-state index contributed by atoms with van der Waals surface area (Å²) < 4.78 is 0. The summed E-state index contributed by atoms with van der Waals surface area (Å²) in [6, 6.07) is 3.39. The summed E-state index contributed by atoms with van der Waals surface area (Å²) in [5.41, 5.74) is 6.93. The van der Waals surface area contributed by atoms with Crippen LogP contribution in [0.25, 0.3) is 0 Å². The highest BCUT2D eigenvalue weighted by Gasteiger charge is 2.49. The lowest BCUT2D eigenvalue weighted by molar-refractivity contribution is -0.141. The van der Waals surface area contributed by atoms with E-state index >= 15 is 0 Å². The fourth-order valence-corrected chi connectivity index (χ4v) is 2.96. The predicted molar refractivity (Wildman–Crippen MR) is 65.0 cm³/mol. The predicted octanol–water partition coefficient (Wildman–Crippen LogP) is 0.949. The number of anilines is 1. The number of likely N-dealkylation sites (tertiary alicyclic amines) is 1. The molecule has 1 saturated carbocycles. The lowest BCUT2D eigenvalue weighted by Gasteiger charge is -2.15. The number of rotatable bonds is 2. The number of nitrogens with two attached hydrogens (primary N) is 1. The number of aromatic nitrogens is 1. The summed E-state index contributed by atoms with van der Waals surface area (Å²) in [5, 5.41) is 0. The SMILES string of the molecule is Nc1ccnc(CN2C(=O)C3CCCC3C2=O)c1. The standard InChI is InChI=1S/C13H15N3O2/c14-8-4-5-15-9(6-8)7-16-12(17)10-2-1-3-11(10)13(16)18/h4-6,10-11H,1-3,7H2,(H2,14,15). The Kier molecular flexibility index (Phi) is 2.54. The van der Waals surface area contributed by atoms with Gasteiger partial charge in [0.15, 0.2) is 0 Å². The molecule has 0 bridgehead atoms. The number of hydrogen-bond donors (Lipinski definition) is 1. The van der Waals surface area contributed by atoms with Gasteiger partial charge in [0.2, 0.25) is 11.8 Å². The molecule has 3 rings (SSSR count). The monoisotopic (exact) mass is 245 g/mol. The van der Waals surface area contributed by atoms with Gasteiger partial charge in [-0.05, 0) is 25.0 Å². The topological polar surface area (TPSA) is 76.3 Å². The summed E-state index contributed by atoms with van der Waals surface area (Å²) >= 11 is 0. The molecule has 2 aliphatic rings. The molecule has 2 atom stereocenters. The van der Waals surface area contributed by atoms with Crippen LogP contribution in [-0.2, 0) is 16.1 Å². The molecule has 1 aliphatic heterocycles. The van der Waals surface area contributed by atoms with Crippen LogP contribution >= 0.6 is 0 Å². The molecule has 2 amide bonds. The Labute approximate surface area is 105 Å². The minimum atomic E-state index is -0.0847. The van der Waals surface area contributed by atoms with Crippen LogP contribution in [0.3, 0.4) is 0 Å². The quantitative estimate of drug-likeness (QED) is 0.787. The van der Waals surface area contributed by atoms with E-state index in [4.69, 9.17) is 5.73 Å². The molecule has 18 heavy (non-hydrogen) atoms. The fourth-order valence-electron chi connectivity index (χ4n) is 2.96. The van der Waals surface area contributed by atoms with Crippen LogP contribution in [0, 0.1) is 11.8 Å². The van der Waals surface area contributed by atoms with E-state index in [-0.39, 0.29) is 30.2 Å². The largest absolute Gasteiger partial charge is 0.399 e. The normalized spacial score (nSPS) is 26.8. The average molecular weight is 245 g/mol. The van der Waals surface area contributed by atoms with Crippen LogP contribution in [0.5, 0.6) is 0 Å². The average Bonchev–Trinajstić information content (AvgIpc) is 2.90. The zero-order chi connectivity index (χ0) is 12.7. The number of imide groups is 1. The Balaban J connectivity index is 1.81. The van der Waals surface area contributed by atoms with Crippen molar-refractivity contribution in [2.24, 2.45) is 11.8 Å². The van der Waals surface area contributed by atoms with E-state index in [2.05, 4.69) is 4.98 Å². The zero-order valence-corrected chi connectivity index (χ0v) is 10.0. The molecular weight excluding hydrogens is 230 g/mol. The Hall–Kier alpha value is -1.91. The minimum Gasteiger partial charge on any atom is -0.399 e. The summed E-state index contributed by atoms with van der Waals surface area (Å²) in [7, 11) is 0. The first kappa shape index (κ1) is 11.2. The molecule has 5 heteroatoms. The number of amides is 2. The lowest BCUT2D eigenvalue weighted by Crippen LogP contribution is -2.31. The van der Waals surface area contributed by atoms with Gasteiger partial charge in [0.1, 0.15) is 0 Å². The van der Waals surface area contributed by atoms with Crippen molar-refractivity contribution in [1.29, 1.82) is 0 Å². The van der Waals surface area contributed by atoms with Crippen molar-refractivity contribution in [2.75, 3.05) is 5.73 Å². The fraction of sp³-hybridized carbons (Fsp3) is 0.462. The first-order chi connectivity index (χ1) is 8.66. The number of pyridine rings is 1. The van der Waals surface area contributed by atoms with Crippen molar-refractivity contribution in [3.8, 4) is 0 Å². The molecular formula is C13H15N3O2. The Morgan fingerprint density at radius 1 is 1.28 bits per heavy atom. The van der Waals surface area contributed by atoms with Crippen LogP contribution in [0.1, 0.15) is 25.0 Å². The molecule has 94 valence electrons. The Morgan fingerprint density at radius 2 is 1.94 bits per heavy atom. The smallest absolute Gasteiger partial charge is 0.233 e. The Morgan fingerprint density at radius 3 is 2.56 bits per heavy atom. The second-order valence-electron chi connectivity index (χ2n) is 4.99. The maximum absolute atomic E-state index is 12.1. The van der Waals surface area contributed by atoms with E-state index in [0.29, 0.717) is 11.4 Å². The van der Waals surface area contributed by atoms with Crippen LogP contribution < -0.4 is 5.73 Å². The van der Waals surface area contributed by atoms with E-state index < -0.39 is 0 Å². The molecule has 2 heterocycles. The number of fused-ring (bicyclic) bond motifs is 1. The van der Waals surface area contributed by atoms with Gasteiger partial charge in [0, 0.05) is 11.9 Å². The van der Waals surface area contributed by atoms with Gasteiger partial charge in [-0.25, -0.2) is 0 Å². The number of nitrogens with zero attached hydrogens (tertiary/aromatic N) is 2. The third kappa shape index (κ3) is 1.66. The van der Waals surface area contributed by atoms with Gasteiger partial charge in [-0.15, -0.1) is 0 Å². The molecule has 2 unspecified atom stereocenters. The van der Waals surface area contributed by atoms with Gasteiger partial charge in [-0.2, -0.15) is 0 Å². The van der Waals surface area contributed by atoms with Gasteiger partial charge in [0.05, 0.1) is 24.1 Å². The Bertz CT molecular complexity index is 493. The molecule has 2 fully saturated rings. The van der Waals surface area contributed by atoms with Gasteiger partial charge in [-0.1, -0.05) is 6.42 Å². The molecule has 1 aromatic rings. The molecule has 1 aromatic heterocycles. The van der Waals surface area contributed by atoms with Crippen molar-refractivity contribution >= 4 is 17.5 Å². The van der Waals surface area contributed by atoms with E-state index in [1.807, 2.05) is 0 Å². The first-order valence-electron chi connectivity index (χ1n) is 6.22. The highest BCUT2D eigenvalue weighted by atomic mass is 16.2. The maximum atomic E-state index is 12.1. The van der Waals surface area contributed by atoms with Crippen molar-refractivity contribution in [3.63, 3.8) is 0 Å². The van der Waals surface area contributed by atoms with Crippen LogP contribution in [-0.4, -0.2) is 21.7 Å². The molecule has 2 N–H and O–H groups in total. The molecule has 5 nitrogen and oxygen atoms in total. The molecule has 1 saturated heterocycles. The third-order valence-corrected chi connectivity index (χ3v) is 3.84. The second-order valence-corrected chi connectivity index (χ2v) is 4.99. The zero-order valence-electron chi connectivity index (χ0n) is 10.0. The molecule has 0 aromatic carbocycles. The van der Waals surface area contributed by atoms with Crippen LogP contribution in [0.4, 0.5) is 5.69 Å². The van der Waals surface area contributed by atoms with Gasteiger partial charge >= 0.3 is 0 Å². The third-order valence-electron chi connectivity index (χ3n) is 3.84. The van der Waals surface area contributed by atoms with Crippen LogP contribution in [0.2, 0.25) is 0 Å². The summed E-state index contributed by atoms with van der Waals surface area (Å²) in [6.45, 7) is 0.246. The van der Waals surface area contributed by atoms with E-state index in [1.54, 1.807) is 18.3 Å². The number of nitrogen functional groups attached to an aromatic ring is 1. The summed E-state index contributed by atoms with van der Waals surface area (Å²) in [4.78, 5) is 29.7. The van der Waals surface area contributed by atoms with Crippen molar-refractivity contribution in [2.45, 2.75) is 25.8 Å². The van der Waals surface area contributed by atoms with Crippen molar-refractivity contribution in [1.82, 2.24) is 9.88 Å². The van der Waals surface area contributed by atoms with E-state index in [9.17, 15) is 9.59 Å². The van der Waals surface area contributed by atoms with Gasteiger partial charge in [0.25, 0.3) is 0 Å². The van der Waals surface area contributed by atoms with E-state index in [1.165, 1.54) is 4.90 Å². The molecule has 0 spiro atoms. The maximum Gasteiger partial charge on any atom is 0.233 e. The highest BCUT2D eigenvalue weighted by Crippen LogP contribution is 2.40. The summed E-state index contributed by atoms with van der Waals surface area (Å²) in [5.74, 6) is -0.240. The minimum absolute atomic E-state index is 0.0354. The van der Waals surface area contributed by atoms with Crippen molar-refractivity contribution < 1.29 is 9.59 Å². The first-order valence-corrected chi connectivity index (χ1v) is 6.22. The van der Waals surface area contributed by atoms with Gasteiger partial charge in [-0.3, -0.25) is 19.5 Å². The van der Waals surface area contributed by atoms with Gasteiger partial charge < -0.3 is 5.73 Å². The highest BCUT2D eigenvalue weighted by molar-refractivity contribution is 6.05. The lowest BCUT2D eigenvalue weighted by atomic mass is 10.00. The molecule has 0 radical (unpaired) electrons. The van der Waals surface area contributed by atoms with Crippen molar-refractivity contribution in [3.05, 3.63) is 24.0 Å². The number of carbonyl (C=O) groups excluding carboxylic acids is 2. The second kappa shape index (κ2) is 4.08.